The summed E-state index contributed by atoms with van der Waals surface area (Å²) in [4.78, 5) is 11.7. The fourth-order valence-corrected chi connectivity index (χ4v) is 2.09. The zero-order chi connectivity index (χ0) is 10.5. The summed E-state index contributed by atoms with van der Waals surface area (Å²) in [5.74, 6) is -0.0680. The first-order valence-electron chi connectivity index (χ1n) is 5.88. The van der Waals surface area contributed by atoms with Gasteiger partial charge < -0.3 is 14.8 Å². The second-order valence-electron chi connectivity index (χ2n) is 4.25. The fourth-order valence-electron chi connectivity index (χ4n) is 2.09. The number of hydrogen-bond acceptors (Lipinski definition) is 4. The highest BCUT2D eigenvalue weighted by Crippen LogP contribution is 2.14. The molecule has 2 fully saturated rings. The molecule has 4 nitrogen and oxygen atoms in total. The second-order valence-corrected chi connectivity index (χ2v) is 4.25. The molecule has 86 valence electrons. The van der Waals surface area contributed by atoms with Crippen molar-refractivity contribution in [2.75, 3.05) is 19.8 Å². The van der Waals surface area contributed by atoms with Gasteiger partial charge in [-0.1, -0.05) is 6.42 Å². The van der Waals surface area contributed by atoms with Gasteiger partial charge in [-0.05, 0) is 19.4 Å². The zero-order valence-corrected chi connectivity index (χ0v) is 9.04. The maximum absolute atomic E-state index is 11.7. The lowest BCUT2D eigenvalue weighted by molar-refractivity contribution is -0.156. The van der Waals surface area contributed by atoms with Crippen LogP contribution in [-0.2, 0) is 14.3 Å². The summed E-state index contributed by atoms with van der Waals surface area (Å²) in [6.45, 7) is 2.37. The van der Waals surface area contributed by atoms with Crippen LogP contribution in [-0.4, -0.2) is 37.9 Å². The molecular formula is C11H19NO3. The van der Waals surface area contributed by atoms with E-state index in [1.54, 1.807) is 0 Å². The highest BCUT2D eigenvalue weighted by atomic mass is 16.6. The van der Waals surface area contributed by atoms with Crippen LogP contribution in [0.4, 0.5) is 0 Å². The average molecular weight is 213 g/mol. The molecule has 0 radical (unpaired) electrons. The van der Waals surface area contributed by atoms with Crippen molar-refractivity contribution in [2.45, 2.75) is 44.2 Å². The van der Waals surface area contributed by atoms with Gasteiger partial charge in [-0.3, -0.25) is 4.79 Å². The molecule has 15 heavy (non-hydrogen) atoms. The lowest BCUT2D eigenvalue weighted by Gasteiger charge is -2.27. The number of carbonyl (C=O) groups is 1. The third-order valence-electron chi connectivity index (χ3n) is 3.05. The van der Waals surface area contributed by atoms with Gasteiger partial charge in [0.1, 0.15) is 12.1 Å². The quantitative estimate of drug-likeness (QED) is 0.691. The first-order chi connectivity index (χ1) is 7.36. The van der Waals surface area contributed by atoms with Crippen molar-refractivity contribution in [2.24, 2.45) is 0 Å². The summed E-state index contributed by atoms with van der Waals surface area (Å²) in [6.07, 6.45) is 4.98. The Balaban J connectivity index is 1.74. The van der Waals surface area contributed by atoms with Gasteiger partial charge in [-0.15, -0.1) is 0 Å². The van der Waals surface area contributed by atoms with Crippen LogP contribution in [0.1, 0.15) is 32.1 Å². The van der Waals surface area contributed by atoms with E-state index in [2.05, 4.69) is 5.32 Å². The van der Waals surface area contributed by atoms with Crippen LogP contribution in [0.25, 0.3) is 0 Å². The summed E-state index contributed by atoms with van der Waals surface area (Å²) in [5, 5.41) is 3.20. The van der Waals surface area contributed by atoms with Crippen LogP contribution in [0.15, 0.2) is 0 Å². The van der Waals surface area contributed by atoms with Crippen molar-refractivity contribution in [1.29, 1.82) is 0 Å². The van der Waals surface area contributed by atoms with E-state index < -0.39 is 0 Å². The minimum atomic E-state index is -0.0680. The zero-order valence-electron chi connectivity index (χ0n) is 9.04. The van der Waals surface area contributed by atoms with Crippen LogP contribution in [0.5, 0.6) is 0 Å². The summed E-state index contributed by atoms with van der Waals surface area (Å²) < 4.78 is 10.7. The summed E-state index contributed by atoms with van der Waals surface area (Å²) in [6, 6.07) is -0.0680. The lowest BCUT2D eigenvalue weighted by Crippen LogP contribution is -2.43. The molecule has 2 saturated heterocycles. The minimum absolute atomic E-state index is 0.0680. The van der Waals surface area contributed by atoms with E-state index in [9.17, 15) is 4.79 Å². The Morgan fingerprint density at radius 2 is 2.00 bits per heavy atom. The van der Waals surface area contributed by atoms with Gasteiger partial charge in [0.05, 0.1) is 13.2 Å². The highest BCUT2D eigenvalue weighted by Gasteiger charge is 2.25. The van der Waals surface area contributed by atoms with Crippen molar-refractivity contribution < 1.29 is 14.3 Å². The van der Waals surface area contributed by atoms with Crippen LogP contribution in [0.3, 0.4) is 0 Å². The van der Waals surface area contributed by atoms with E-state index in [0.29, 0.717) is 0 Å². The Kier molecular flexibility index (Phi) is 3.97. The Bertz CT molecular complexity index is 208. The van der Waals surface area contributed by atoms with E-state index in [-0.39, 0.29) is 18.1 Å². The van der Waals surface area contributed by atoms with E-state index in [0.717, 1.165) is 45.4 Å². The predicted molar refractivity (Wildman–Crippen MR) is 55.6 cm³/mol. The number of carbonyl (C=O) groups excluding carboxylic acids is 1. The van der Waals surface area contributed by atoms with Crippen molar-refractivity contribution in [3.05, 3.63) is 0 Å². The van der Waals surface area contributed by atoms with Crippen molar-refractivity contribution in [1.82, 2.24) is 5.32 Å². The number of ether oxygens (including phenoxy) is 2. The molecule has 2 aliphatic rings. The molecule has 1 atom stereocenters. The highest BCUT2D eigenvalue weighted by molar-refractivity contribution is 5.76. The van der Waals surface area contributed by atoms with Crippen molar-refractivity contribution >= 4 is 5.97 Å². The van der Waals surface area contributed by atoms with Crippen molar-refractivity contribution in [3.8, 4) is 0 Å². The monoisotopic (exact) mass is 213 g/mol. The van der Waals surface area contributed by atoms with Gasteiger partial charge >= 0.3 is 5.97 Å². The molecule has 0 amide bonds. The van der Waals surface area contributed by atoms with Gasteiger partial charge in [0, 0.05) is 12.8 Å². The van der Waals surface area contributed by atoms with Gasteiger partial charge in [-0.25, -0.2) is 0 Å². The van der Waals surface area contributed by atoms with E-state index in [1.807, 2.05) is 0 Å². The summed E-state index contributed by atoms with van der Waals surface area (Å²) in [7, 11) is 0. The molecule has 0 bridgehead atoms. The first kappa shape index (κ1) is 10.9. The summed E-state index contributed by atoms with van der Waals surface area (Å²) in [5.41, 5.74) is 0. The third-order valence-corrected chi connectivity index (χ3v) is 3.05. The number of rotatable bonds is 2. The largest absolute Gasteiger partial charge is 0.461 e. The van der Waals surface area contributed by atoms with Gasteiger partial charge in [0.25, 0.3) is 0 Å². The second kappa shape index (κ2) is 5.47. The maximum Gasteiger partial charge on any atom is 0.323 e. The van der Waals surface area contributed by atoms with Crippen molar-refractivity contribution in [3.63, 3.8) is 0 Å². The molecule has 1 N–H and O–H groups in total. The Morgan fingerprint density at radius 1 is 1.20 bits per heavy atom. The lowest BCUT2D eigenvalue weighted by atomic mass is 10.1. The fraction of sp³-hybridized carbons (Fsp3) is 0.909. The third kappa shape index (κ3) is 3.18. The molecular weight excluding hydrogens is 194 g/mol. The first-order valence-corrected chi connectivity index (χ1v) is 5.88. The summed E-state index contributed by atoms with van der Waals surface area (Å²) >= 11 is 0. The normalized spacial score (nSPS) is 28.7. The molecule has 2 rings (SSSR count). The Labute approximate surface area is 90.3 Å². The number of esters is 1. The SMILES string of the molecule is O=C(OC1CCOCC1)[C@H]1CCCCN1. The molecule has 2 heterocycles. The van der Waals surface area contributed by atoms with E-state index in [4.69, 9.17) is 9.47 Å². The molecule has 0 saturated carbocycles. The average Bonchev–Trinajstić information content (AvgIpc) is 2.31. The van der Waals surface area contributed by atoms with E-state index in [1.165, 1.54) is 6.42 Å². The molecule has 0 aromatic heterocycles. The Morgan fingerprint density at radius 3 is 2.67 bits per heavy atom. The van der Waals surface area contributed by atoms with Crippen LogP contribution < -0.4 is 5.32 Å². The van der Waals surface area contributed by atoms with Gasteiger partial charge in [0.2, 0.25) is 0 Å². The molecule has 0 unspecified atom stereocenters. The predicted octanol–water partition coefficient (Wildman–Crippen LogP) is 0.851. The minimum Gasteiger partial charge on any atom is -0.461 e. The number of nitrogens with one attached hydrogen (secondary N) is 1. The molecule has 0 spiro atoms. The maximum atomic E-state index is 11.7. The molecule has 4 heteroatoms. The van der Waals surface area contributed by atoms with Gasteiger partial charge in [-0.2, -0.15) is 0 Å². The van der Waals surface area contributed by atoms with Crippen LogP contribution in [0, 0.1) is 0 Å². The number of piperidine rings is 1. The Hall–Kier alpha value is -0.610. The van der Waals surface area contributed by atoms with E-state index >= 15 is 0 Å². The molecule has 0 aliphatic carbocycles. The van der Waals surface area contributed by atoms with Crippen LogP contribution >= 0.6 is 0 Å². The molecule has 0 aromatic rings. The van der Waals surface area contributed by atoms with Crippen LogP contribution in [0.2, 0.25) is 0 Å². The molecule has 2 aliphatic heterocycles. The number of hydrogen-bond donors (Lipinski definition) is 1. The topological polar surface area (TPSA) is 47.6 Å². The molecule has 0 aromatic carbocycles. The standard InChI is InChI=1S/C11H19NO3/c13-11(10-3-1-2-6-12-10)15-9-4-7-14-8-5-9/h9-10,12H,1-8H2/t10-/m1/s1. The smallest absolute Gasteiger partial charge is 0.323 e. The van der Waals surface area contributed by atoms with Gasteiger partial charge in [0.15, 0.2) is 0 Å².